The molecular weight excluding hydrogens is 419 g/mol. The highest BCUT2D eigenvalue weighted by Gasteiger charge is 2.20. The van der Waals surface area contributed by atoms with Gasteiger partial charge in [-0.1, -0.05) is 43.5 Å². The fraction of sp³-hybridized carbons (Fsp3) is 0.357. The summed E-state index contributed by atoms with van der Waals surface area (Å²) in [6.45, 7) is 4.74. The van der Waals surface area contributed by atoms with Crippen molar-refractivity contribution in [2.75, 3.05) is 0 Å². The van der Waals surface area contributed by atoms with Gasteiger partial charge >= 0.3 is 0 Å². The highest BCUT2D eigenvalue weighted by molar-refractivity contribution is 9.11. The van der Waals surface area contributed by atoms with Crippen LogP contribution in [0.2, 0.25) is 5.02 Å². The van der Waals surface area contributed by atoms with Crippen molar-refractivity contribution in [2.24, 2.45) is 5.84 Å². The van der Waals surface area contributed by atoms with E-state index in [2.05, 4.69) is 42.4 Å². The van der Waals surface area contributed by atoms with Gasteiger partial charge in [0.1, 0.15) is 0 Å². The average Bonchev–Trinajstić information content (AvgIpc) is 2.74. The van der Waals surface area contributed by atoms with Gasteiger partial charge in [-0.25, -0.2) is 0 Å². The maximum atomic E-state index is 6.38. The number of nitrogens with one attached hydrogen (secondary N) is 1. The third kappa shape index (κ3) is 3.68. The fourth-order valence-electron chi connectivity index (χ4n) is 2.30. The van der Waals surface area contributed by atoms with Gasteiger partial charge in [-0.05, 0) is 37.6 Å². The van der Waals surface area contributed by atoms with Crippen LogP contribution in [0.5, 0.6) is 0 Å². The molecule has 0 spiro atoms. The van der Waals surface area contributed by atoms with Gasteiger partial charge in [0.2, 0.25) is 0 Å². The number of nitrogens with two attached hydrogens (primary N) is 1. The molecule has 0 saturated heterocycles. The van der Waals surface area contributed by atoms with Crippen molar-refractivity contribution < 1.29 is 0 Å². The second-order valence-electron chi connectivity index (χ2n) is 4.75. The van der Waals surface area contributed by atoms with Crippen LogP contribution in [0.3, 0.4) is 0 Å². The SMILES string of the molecule is CCn1nc(C)c(Cl)c1CC(NN)c1cc(Br)ccc1Br. The molecule has 0 amide bonds. The van der Waals surface area contributed by atoms with E-state index in [9.17, 15) is 0 Å². The van der Waals surface area contributed by atoms with Gasteiger partial charge in [0.05, 0.1) is 22.5 Å². The van der Waals surface area contributed by atoms with Gasteiger partial charge in [0.15, 0.2) is 0 Å². The van der Waals surface area contributed by atoms with Crippen molar-refractivity contribution in [2.45, 2.75) is 32.9 Å². The summed E-state index contributed by atoms with van der Waals surface area (Å²) in [5.41, 5.74) is 5.78. The monoisotopic (exact) mass is 434 g/mol. The van der Waals surface area contributed by atoms with Crippen molar-refractivity contribution in [1.82, 2.24) is 15.2 Å². The molecule has 0 aliphatic rings. The zero-order valence-corrected chi connectivity index (χ0v) is 15.8. The maximum Gasteiger partial charge on any atom is 0.0847 e. The Balaban J connectivity index is 2.38. The minimum atomic E-state index is -0.0595. The first-order chi connectivity index (χ1) is 9.97. The summed E-state index contributed by atoms with van der Waals surface area (Å²) in [5, 5.41) is 5.16. The number of rotatable bonds is 5. The summed E-state index contributed by atoms with van der Waals surface area (Å²) in [4.78, 5) is 0. The lowest BCUT2D eigenvalue weighted by Crippen LogP contribution is -2.30. The van der Waals surface area contributed by atoms with Crippen LogP contribution in [-0.2, 0) is 13.0 Å². The van der Waals surface area contributed by atoms with Crippen LogP contribution in [0.15, 0.2) is 27.1 Å². The second kappa shape index (κ2) is 7.24. The zero-order valence-electron chi connectivity index (χ0n) is 11.8. The normalized spacial score (nSPS) is 12.7. The van der Waals surface area contributed by atoms with Crippen LogP contribution in [0.25, 0.3) is 0 Å². The largest absolute Gasteiger partial charge is 0.271 e. The second-order valence-corrected chi connectivity index (χ2v) is 6.90. The molecule has 0 aliphatic carbocycles. The van der Waals surface area contributed by atoms with E-state index in [-0.39, 0.29) is 6.04 Å². The molecule has 0 fully saturated rings. The predicted molar refractivity (Wildman–Crippen MR) is 93.3 cm³/mol. The highest BCUT2D eigenvalue weighted by Crippen LogP contribution is 2.31. The minimum absolute atomic E-state index is 0.0595. The third-order valence-electron chi connectivity index (χ3n) is 3.38. The quantitative estimate of drug-likeness (QED) is 0.547. The molecule has 1 heterocycles. The van der Waals surface area contributed by atoms with E-state index in [1.165, 1.54) is 0 Å². The van der Waals surface area contributed by atoms with E-state index >= 15 is 0 Å². The lowest BCUT2D eigenvalue weighted by atomic mass is 10.0. The number of aryl methyl sites for hydroxylation is 2. The zero-order chi connectivity index (χ0) is 15.6. The Kier molecular flexibility index (Phi) is 5.85. The summed E-state index contributed by atoms with van der Waals surface area (Å²) in [6, 6.07) is 5.96. The molecule has 4 nitrogen and oxygen atoms in total. The first-order valence-electron chi connectivity index (χ1n) is 6.60. The van der Waals surface area contributed by atoms with Crippen LogP contribution in [0.1, 0.15) is 29.9 Å². The van der Waals surface area contributed by atoms with Gasteiger partial charge in [-0.3, -0.25) is 16.0 Å². The molecule has 3 N–H and O–H groups in total. The first kappa shape index (κ1) is 17.0. The average molecular weight is 437 g/mol. The Labute approximate surface area is 146 Å². The van der Waals surface area contributed by atoms with Crippen LogP contribution in [-0.4, -0.2) is 9.78 Å². The molecule has 2 rings (SSSR count). The third-order valence-corrected chi connectivity index (χ3v) is 5.09. The molecular formula is C14H17Br2ClN4. The molecule has 2 aromatic rings. The Bertz CT molecular complexity index is 642. The summed E-state index contributed by atoms with van der Waals surface area (Å²) in [7, 11) is 0. The lowest BCUT2D eigenvalue weighted by molar-refractivity contribution is 0.515. The highest BCUT2D eigenvalue weighted by atomic mass is 79.9. The topological polar surface area (TPSA) is 55.9 Å². The van der Waals surface area contributed by atoms with E-state index in [1.807, 2.05) is 36.7 Å². The van der Waals surface area contributed by atoms with Crippen LogP contribution in [0.4, 0.5) is 0 Å². The number of halogens is 3. The first-order valence-corrected chi connectivity index (χ1v) is 8.57. The summed E-state index contributed by atoms with van der Waals surface area (Å²) in [6.07, 6.45) is 0.666. The van der Waals surface area contributed by atoms with Gasteiger partial charge in [0.25, 0.3) is 0 Å². The summed E-state index contributed by atoms with van der Waals surface area (Å²) < 4.78 is 3.93. The Morgan fingerprint density at radius 3 is 2.76 bits per heavy atom. The molecule has 0 bridgehead atoms. The molecule has 0 aliphatic heterocycles. The number of aromatic nitrogens is 2. The molecule has 1 aromatic carbocycles. The predicted octanol–water partition coefficient (Wildman–Crippen LogP) is 4.14. The molecule has 1 aromatic heterocycles. The van der Waals surface area contributed by atoms with Crippen LogP contribution in [0, 0.1) is 6.92 Å². The Morgan fingerprint density at radius 1 is 1.43 bits per heavy atom. The maximum absolute atomic E-state index is 6.38. The van der Waals surface area contributed by atoms with E-state index in [1.54, 1.807) is 0 Å². The van der Waals surface area contributed by atoms with Gasteiger partial charge in [-0.2, -0.15) is 5.10 Å². The molecule has 0 radical (unpaired) electrons. The standard InChI is InChI=1S/C14H17Br2ClN4/c1-3-21-13(14(17)8(2)20-21)7-12(19-18)10-6-9(15)4-5-11(10)16/h4-6,12,19H,3,7,18H2,1-2H3. The minimum Gasteiger partial charge on any atom is -0.271 e. The molecule has 21 heavy (non-hydrogen) atoms. The van der Waals surface area contributed by atoms with Crippen LogP contribution >= 0.6 is 43.5 Å². The van der Waals surface area contributed by atoms with Crippen molar-refractivity contribution in [3.63, 3.8) is 0 Å². The molecule has 7 heteroatoms. The van der Waals surface area contributed by atoms with Gasteiger partial charge in [0, 0.05) is 21.9 Å². The Morgan fingerprint density at radius 2 is 2.14 bits per heavy atom. The molecule has 0 saturated carbocycles. The van der Waals surface area contributed by atoms with E-state index in [4.69, 9.17) is 17.4 Å². The van der Waals surface area contributed by atoms with E-state index < -0.39 is 0 Å². The van der Waals surface area contributed by atoms with Crippen molar-refractivity contribution in [3.05, 3.63) is 49.1 Å². The molecule has 1 unspecified atom stereocenters. The molecule has 1 atom stereocenters. The molecule has 114 valence electrons. The summed E-state index contributed by atoms with van der Waals surface area (Å²) in [5.74, 6) is 5.76. The van der Waals surface area contributed by atoms with E-state index in [0.717, 1.165) is 32.4 Å². The lowest BCUT2D eigenvalue weighted by Gasteiger charge is -2.19. The number of nitrogens with zero attached hydrogens (tertiary/aromatic N) is 2. The number of hydrogen-bond donors (Lipinski definition) is 2. The van der Waals surface area contributed by atoms with Gasteiger partial charge in [-0.15, -0.1) is 0 Å². The van der Waals surface area contributed by atoms with Gasteiger partial charge < -0.3 is 0 Å². The smallest absolute Gasteiger partial charge is 0.0847 e. The Hall–Kier alpha value is -0.400. The van der Waals surface area contributed by atoms with Crippen LogP contribution < -0.4 is 11.3 Å². The van der Waals surface area contributed by atoms with Crippen molar-refractivity contribution >= 4 is 43.5 Å². The number of hydrazine groups is 1. The number of hydrogen-bond acceptors (Lipinski definition) is 3. The van der Waals surface area contributed by atoms with Crippen molar-refractivity contribution in [3.8, 4) is 0 Å². The number of benzene rings is 1. The van der Waals surface area contributed by atoms with Crippen molar-refractivity contribution in [1.29, 1.82) is 0 Å². The van der Waals surface area contributed by atoms with E-state index in [0.29, 0.717) is 11.4 Å². The summed E-state index contributed by atoms with van der Waals surface area (Å²) >= 11 is 13.4. The fourth-order valence-corrected chi connectivity index (χ4v) is 3.41.